The summed E-state index contributed by atoms with van der Waals surface area (Å²) in [4.78, 5) is 33.8. The van der Waals surface area contributed by atoms with Crippen LogP contribution in [0.1, 0.15) is 43.6 Å². The zero-order valence-electron chi connectivity index (χ0n) is 15.1. The minimum Gasteiger partial charge on any atom is -0.481 e. The first-order chi connectivity index (χ1) is 11.2. The molecule has 6 nitrogen and oxygen atoms in total. The van der Waals surface area contributed by atoms with Gasteiger partial charge < -0.3 is 10.0 Å². The van der Waals surface area contributed by atoms with E-state index in [0.717, 1.165) is 22.1 Å². The van der Waals surface area contributed by atoms with Crippen LogP contribution in [0.2, 0.25) is 0 Å². The van der Waals surface area contributed by atoms with Crippen molar-refractivity contribution in [2.45, 2.75) is 52.1 Å². The van der Waals surface area contributed by atoms with Crippen molar-refractivity contribution in [1.82, 2.24) is 14.9 Å². The fourth-order valence-corrected chi connectivity index (χ4v) is 3.00. The van der Waals surface area contributed by atoms with E-state index >= 15 is 0 Å². The summed E-state index contributed by atoms with van der Waals surface area (Å²) in [6, 6.07) is 0. The van der Waals surface area contributed by atoms with Gasteiger partial charge in [0, 0.05) is 30.9 Å². The molecule has 7 heteroatoms. The average molecular weight is 353 g/mol. The molecule has 0 aliphatic heterocycles. The molecular weight excluding hydrogens is 326 g/mol. The number of hydrogen-bond acceptors (Lipinski definition) is 5. The van der Waals surface area contributed by atoms with Crippen LogP contribution in [-0.4, -0.2) is 51.2 Å². The number of amides is 1. The highest BCUT2D eigenvalue weighted by atomic mass is 32.2. The van der Waals surface area contributed by atoms with Gasteiger partial charge in [0.05, 0.1) is 6.42 Å². The van der Waals surface area contributed by atoms with E-state index in [4.69, 9.17) is 5.11 Å². The molecule has 1 aromatic rings. The minimum absolute atomic E-state index is 0.0160. The lowest BCUT2D eigenvalue weighted by molar-refractivity contribution is -0.138. The Morgan fingerprint density at radius 1 is 1.17 bits per heavy atom. The second-order valence-electron chi connectivity index (χ2n) is 6.24. The highest BCUT2D eigenvalue weighted by Gasteiger charge is 2.17. The molecule has 0 aliphatic carbocycles. The maximum atomic E-state index is 12.5. The number of carbonyl (C=O) groups is 2. The molecule has 0 radical (unpaired) electrons. The molecule has 1 rings (SSSR count). The van der Waals surface area contributed by atoms with Gasteiger partial charge in [0.2, 0.25) is 5.91 Å². The predicted octanol–water partition coefficient (Wildman–Crippen LogP) is 2.71. The lowest BCUT2D eigenvalue weighted by atomic mass is 10.1. The van der Waals surface area contributed by atoms with Crippen molar-refractivity contribution in [2.24, 2.45) is 5.92 Å². The first-order valence-corrected chi connectivity index (χ1v) is 9.34. The third-order valence-electron chi connectivity index (χ3n) is 3.71. The average Bonchev–Trinajstić information content (AvgIpc) is 2.49. The number of carboxylic acid groups (broad SMARTS) is 1. The molecule has 1 amide bonds. The number of thioether (sulfide) groups is 1. The standard InChI is InChI=1S/C17H27N3O3S/c1-11(2)10-20(9-8-16(22)23)15(21)7-6-14-12(3)18-17(24-5)19-13(14)4/h11H,6-10H2,1-5H3,(H,22,23). The summed E-state index contributed by atoms with van der Waals surface area (Å²) in [6.07, 6.45) is 2.83. The molecule has 1 N–H and O–H groups in total. The molecular formula is C17H27N3O3S. The Morgan fingerprint density at radius 2 is 1.75 bits per heavy atom. The van der Waals surface area contributed by atoms with Crippen LogP contribution < -0.4 is 0 Å². The molecule has 1 aromatic heterocycles. The van der Waals surface area contributed by atoms with Crippen LogP contribution in [0.5, 0.6) is 0 Å². The van der Waals surface area contributed by atoms with Gasteiger partial charge in [0.15, 0.2) is 5.16 Å². The van der Waals surface area contributed by atoms with Crippen molar-refractivity contribution in [3.63, 3.8) is 0 Å². The fourth-order valence-electron chi connectivity index (χ4n) is 2.54. The number of carboxylic acids is 1. The van der Waals surface area contributed by atoms with Crippen LogP contribution in [0.4, 0.5) is 0 Å². The zero-order valence-corrected chi connectivity index (χ0v) is 15.9. The second kappa shape index (κ2) is 9.61. The Hall–Kier alpha value is -1.63. The molecule has 0 atom stereocenters. The Labute approximate surface area is 148 Å². The van der Waals surface area contributed by atoms with Crippen molar-refractivity contribution in [2.75, 3.05) is 19.3 Å². The van der Waals surface area contributed by atoms with Crippen LogP contribution in [0.3, 0.4) is 0 Å². The number of carbonyl (C=O) groups excluding carboxylic acids is 1. The van der Waals surface area contributed by atoms with Gasteiger partial charge >= 0.3 is 5.97 Å². The summed E-state index contributed by atoms with van der Waals surface area (Å²) in [5.41, 5.74) is 2.81. The number of hydrogen-bond donors (Lipinski definition) is 1. The molecule has 0 saturated heterocycles. The third kappa shape index (κ3) is 6.47. The van der Waals surface area contributed by atoms with Gasteiger partial charge in [-0.1, -0.05) is 25.6 Å². The van der Waals surface area contributed by atoms with E-state index in [9.17, 15) is 9.59 Å². The summed E-state index contributed by atoms with van der Waals surface area (Å²) >= 11 is 1.50. The van der Waals surface area contributed by atoms with Gasteiger partial charge in [-0.15, -0.1) is 0 Å². The van der Waals surface area contributed by atoms with E-state index in [1.165, 1.54) is 11.8 Å². The van der Waals surface area contributed by atoms with Crippen LogP contribution in [0, 0.1) is 19.8 Å². The summed E-state index contributed by atoms with van der Waals surface area (Å²) in [5.74, 6) is -0.600. The molecule has 1 heterocycles. The van der Waals surface area contributed by atoms with Crippen LogP contribution >= 0.6 is 11.8 Å². The molecule has 0 unspecified atom stereocenters. The fraction of sp³-hybridized carbons (Fsp3) is 0.647. The molecule has 0 aromatic carbocycles. The lowest BCUT2D eigenvalue weighted by Gasteiger charge is -2.24. The predicted molar refractivity (Wildman–Crippen MR) is 95.3 cm³/mol. The van der Waals surface area contributed by atoms with Gasteiger partial charge in [-0.25, -0.2) is 9.97 Å². The third-order valence-corrected chi connectivity index (χ3v) is 4.25. The zero-order chi connectivity index (χ0) is 18.3. The maximum absolute atomic E-state index is 12.5. The second-order valence-corrected chi connectivity index (χ2v) is 7.01. The highest BCUT2D eigenvalue weighted by Crippen LogP contribution is 2.17. The highest BCUT2D eigenvalue weighted by molar-refractivity contribution is 7.98. The van der Waals surface area contributed by atoms with Crippen molar-refractivity contribution in [3.8, 4) is 0 Å². The van der Waals surface area contributed by atoms with Gasteiger partial charge in [-0.05, 0) is 38.0 Å². The monoisotopic (exact) mass is 353 g/mol. The van der Waals surface area contributed by atoms with E-state index in [1.807, 2.05) is 34.0 Å². The molecule has 0 fully saturated rings. The maximum Gasteiger partial charge on any atom is 0.305 e. The van der Waals surface area contributed by atoms with Gasteiger partial charge in [-0.3, -0.25) is 9.59 Å². The quantitative estimate of drug-likeness (QED) is 0.543. The molecule has 0 aliphatic rings. The normalized spacial score (nSPS) is 10.9. The van der Waals surface area contributed by atoms with Gasteiger partial charge in [0.25, 0.3) is 0 Å². The van der Waals surface area contributed by atoms with Crippen LogP contribution in [-0.2, 0) is 16.0 Å². The van der Waals surface area contributed by atoms with Crippen molar-refractivity contribution in [1.29, 1.82) is 0 Å². The van der Waals surface area contributed by atoms with Crippen LogP contribution in [0.25, 0.3) is 0 Å². The minimum atomic E-state index is -0.885. The summed E-state index contributed by atoms with van der Waals surface area (Å²) < 4.78 is 0. The number of nitrogens with zero attached hydrogens (tertiary/aromatic N) is 3. The summed E-state index contributed by atoms with van der Waals surface area (Å²) in [7, 11) is 0. The lowest BCUT2D eigenvalue weighted by Crippen LogP contribution is -2.36. The number of aliphatic carboxylic acids is 1. The molecule has 0 bridgehead atoms. The molecule has 0 spiro atoms. The van der Waals surface area contributed by atoms with E-state index in [2.05, 4.69) is 9.97 Å². The van der Waals surface area contributed by atoms with E-state index < -0.39 is 5.97 Å². The van der Waals surface area contributed by atoms with Crippen molar-refractivity contribution >= 4 is 23.6 Å². The number of aromatic nitrogens is 2. The molecule has 134 valence electrons. The summed E-state index contributed by atoms with van der Waals surface area (Å²) in [6.45, 7) is 8.74. The van der Waals surface area contributed by atoms with Gasteiger partial charge in [-0.2, -0.15) is 0 Å². The van der Waals surface area contributed by atoms with E-state index in [-0.39, 0.29) is 18.9 Å². The Kier molecular flexibility index (Phi) is 8.18. The largest absolute Gasteiger partial charge is 0.481 e. The first-order valence-electron chi connectivity index (χ1n) is 8.12. The van der Waals surface area contributed by atoms with Gasteiger partial charge in [0.1, 0.15) is 0 Å². The Balaban J connectivity index is 2.75. The molecule has 0 saturated carbocycles. The SMILES string of the molecule is CSc1nc(C)c(CCC(=O)N(CCC(=O)O)CC(C)C)c(C)n1. The topological polar surface area (TPSA) is 83.4 Å². The van der Waals surface area contributed by atoms with Crippen LogP contribution in [0.15, 0.2) is 5.16 Å². The Morgan fingerprint density at radius 3 is 2.21 bits per heavy atom. The number of rotatable bonds is 9. The van der Waals surface area contributed by atoms with E-state index in [1.54, 1.807) is 4.90 Å². The number of aryl methyl sites for hydroxylation is 2. The summed E-state index contributed by atoms with van der Waals surface area (Å²) in [5, 5.41) is 9.59. The van der Waals surface area contributed by atoms with Crippen molar-refractivity contribution in [3.05, 3.63) is 17.0 Å². The van der Waals surface area contributed by atoms with Crippen molar-refractivity contribution < 1.29 is 14.7 Å². The Bertz CT molecular complexity index is 567. The molecule has 24 heavy (non-hydrogen) atoms. The smallest absolute Gasteiger partial charge is 0.305 e. The van der Waals surface area contributed by atoms with E-state index in [0.29, 0.717) is 25.3 Å². The first kappa shape index (κ1) is 20.4.